The van der Waals surface area contributed by atoms with Gasteiger partial charge in [-0.05, 0) is 18.4 Å². The zero-order valence-electron chi connectivity index (χ0n) is 11.4. The van der Waals surface area contributed by atoms with Gasteiger partial charge in [0.15, 0.2) is 0 Å². The van der Waals surface area contributed by atoms with E-state index in [1.54, 1.807) is 0 Å². The highest BCUT2D eigenvalue weighted by Gasteiger charge is 2.21. The zero-order chi connectivity index (χ0) is 13.9. The largest absolute Gasteiger partial charge is 0.366 e. The quantitative estimate of drug-likeness (QED) is 0.872. The summed E-state index contributed by atoms with van der Waals surface area (Å²) in [6, 6.07) is 10.0. The molecule has 4 nitrogen and oxygen atoms in total. The van der Waals surface area contributed by atoms with Gasteiger partial charge in [-0.15, -0.1) is 0 Å². The standard InChI is InChI=1S/C15H17FN4/c1-20-9-5-8-12-13(18-15(16)19-14(12)20)17-10-11-6-3-2-4-7-11/h2-4,6-7H,5,8-10H2,1H3,(H,17,18,19). The van der Waals surface area contributed by atoms with Crippen LogP contribution < -0.4 is 10.2 Å². The molecule has 0 saturated carbocycles. The Hall–Kier alpha value is -2.17. The summed E-state index contributed by atoms with van der Waals surface area (Å²) in [5.74, 6) is 1.32. The minimum absolute atomic E-state index is 0.614. The van der Waals surface area contributed by atoms with Crippen LogP contribution in [0.1, 0.15) is 17.5 Å². The predicted molar refractivity (Wildman–Crippen MR) is 77.3 cm³/mol. The molecule has 0 radical (unpaired) electrons. The fourth-order valence-electron chi connectivity index (χ4n) is 2.52. The van der Waals surface area contributed by atoms with Crippen LogP contribution in [0.2, 0.25) is 0 Å². The molecule has 1 aliphatic heterocycles. The molecular weight excluding hydrogens is 255 g/mol. The first-order valence-electron chi connectivity index (χ1n) is 6.79. The summed E-state index contributed by atoms with van der Waals surface area (Å²) in [7, 11) is 1.94. The molecule has 0 spiro atoms. The van der Waals surface area contributed by atoms with Crippen molar-refractivity contribution in [3.63, 3.8) is 0 Å². The van der Waals surface area contributed by atoms with E-state index in [0.29, 0.717) is 18.2 Å². The fourth-order valence-corrected chi connectivity index (χ4v) is 2.52. The summed E-state index contributed by atoms with van der Waals surface area (Å²) in [5.41, 5.74) is 2.15. The molecule has 0 amide bonds. The Balaban J connectivity index is 1.86. The van der Waals surface area contributed by atoms with Crippen LogP contribution in [0.5, 0.6) is 0 Å². The van der Waals surface area contributed by atoms with Crippen LogP contribution >= 0.6 is 0 Å². The van der Waals surface area contributed by atoms with E-state index in [-0.39, 0.29) is 0 Å². The molecule has 1 N–H and O–H groups in total. The Labute approximate surface area is 117 Å². The number of anilines is 2. The molecule has 0 atom stereocenters. The monoisotopic (exact) mass is 272 g/mol. The average Bonchev–Trinajstić information content (AvgIpc) is 2.47. The number of hydrogen-bond donors (Lipinski definition) is 1. The van der Waals surface area contributed by atoms with Gasteiger partial charge < -0.3 is 10.2 Å². The van der Waals surface area contributed by atoms with E-state index < -0.39 is 6.08 Å². The van der Waals surface area contributed by atoms with Crippen LogP contribution in [0.25, 0.3) is 0 Å². The Bertz CT molecular complexity index is 600. The summed E-state index contributed by atoms with van der Waals surface area (Å²) in [6.45, 7) is 1.54. The smallest absolute Gasteiger partial charge is 0.312 e. The van der Waals surface area contributed by atoms with E-state index in [0.717, 1.165) is 30.5 Å². The summed E-state index contributed by atoms with van der Waals surface area (Å²) < 4.78 is 13.6. The topological polar surface area (TPSA) is 41.0 Å². The molecule has 0 bridgehead atoms. The van der Waals surface area contributed by atoms with Crippen molar-refractivity contribution in [1.82, 2.24) is 9.97 Å². The Morgan fingerprint density at radius 1 is 1.25 bits per heavy atom. The van der Waals surface area contributed by atoms with Crippen molar-refractivity contribution in [3.8, 4) is 0 Å². The second-order valence-electron chi connectivity index (χ2n) is 5.01. The van der Waals surface area contributed by atoms with Crippen LogP contribution in [0.15, 0.2) is 30.3 Å². The van der Waals surface area contributed by atoms with E-state index >= 15 is 0 Å². The Kier molecular flexibility index (Phi) is 3.50. The summed E-state index contributed by atoms with van der Waals surface area (Å²) in [4.78, 5) is 9.82. The molecule has 104 valence electrons. The SMILES string of the molecule is CN1CCCc2c(NCc3ccccc3)nc(F)nc21. The molecular formula is C15H17FN4. The van der Waals surface area contributed by atoms with Crippen LogP contribution in [0.3, 0.4) is 0 Å². The number of aromatic nitrogens is 2. The minimum atomic E-state index is -0.673. The molecule has 0 unspecified atom stereocenters. The molecule has 20 heavy (non-hydrogen) atoms. The van der Waals surface area contributed by atoms with Gasteiger partial charge in [-0.1, -0.05) is 30.3 Å². The van der Waals surface area contributed by atoms with Gasteiger partial charge in [0.1, 0.15) is 11.6 Å². The second-order valence-corrected chi connectivity index (χ2v) is 5.01. The van der Waals surface area contributed by atoms with Crippen LogP contribution in [-0.2, 0) is 13.0 Å². The summed E-state index contributed by atoms with van der Waals surface area (Å²) in [5, 5.41) is 3.23. The van der Waals surface area contributed by atoms with Crippen molar-refractivity contribution < 1.29 is 4.39 Å². The third kappa shape index (κ3) is 2.57. The normalized spacial score (nSPS) is 14.0. The van der Waals surface area contributed by atoms with Gasteiger partial charge in [-0.3, -0.25) is 0 Å². The lowest BCUT2D eigenvalue weighted by atomic mass is 10.1. The van der Waals surface area contributed by atoms with Crippen LogP contribution in [0, 0.1) is 6.08 Å². The van der Waals surface area contributed by atoms with Gasteiger partial charge in [-0.2, -0.15) is 14.4 Å². The number of benzene rings is 1. The number of hydrogen-bond acceptors (Lipinski definition) is 4. The minimum Gasteiger partial charge on any atom is -0.366 e. The Morgan fingerprint density at radius 2 is 2.05 bits per heavy atom. The van der Waals surface area contributed by atoms with E-state index in [1.165, 1.54) is 0 Å². The predicted octanol–water partition coefficient (Wildman–Crippen LogP) is 2.61. The average molecular weight is 272 g/mol. The number of nitrogens with zero attached hydrogens (tertiary/aromatic N) is 3. The van der Waals surface area contributed by atoms with Crippen LogP contribution in [-0.4, -0.2) is 23.6 Å². The fraction of sp³-hybridized carbons (Fsp3) is 0.333. The molecule has 0 saturated heterocycles. The van der Waals surface area contributed by atoms with Crippen LogP contribution in [0.4, 0.5) is 16.0 Å². The summed E-state index contributed by atoms with van der Waals surface area (Å²) >= 11 is 0. The summed E-state index contributed by atoms with van der Waals surface area (Å²) in [6.07, 6.45) is 1.25. The molecule has 0 aliphatic carbocycles. The van der Waals surface area contributed by atoms with E-state index in [1.807, 2.05) is 42.3 Å². The first-order valence-corrected chi connectivity index (χ1v) is 6.79. The molecule has 1 aromatic heterocycles. The third-order valence-corrected chi connectivity index (χ3v) is 3.54. The second kappa shape index (κ2) is 5.45. The Morgan fingerprint density at radius 3 is 2.85 bits per heavy atom. The van der Waals surface area contributed by atoms with Gasteiger partial charge in [0.05, 0.1) is 0 Å². The zero-order valence-corrected chi connectivity index (χ0v) is 11.4. The number of fused-ring (bicyclic) bond motifs is 1. The molecule has 2 aromatic rings. The van der Waals surface area contributed by atoms with Crippen molar-refractivity contribution in [1.29, 1.82) is 0 Å². The molecule has 1 aliphatic rings. The van der Waals surface area contributed by atoms with Crippen molar-refractivity contribution in [3.05, 3.63) is 47.5 Å². The van der Waals surface area contributed by atoms with E-state index in [9.17, 15) is 4.39 Å². The number of rotatable bonds is 3. The van der Waals surface area contributed by atoms with Gasteiger partial charge >= 0.3 is 6.08 Å². The lowest BCUT2D eigenvalue weighted by molar-refractivity contribution is 0.532. The van der Waals surface area contributed by atoms with E-state index in [4.69, 9.17) is 0 Å². The lowest BCUT2D eigenvalue weighted by Gasteiger charge is -2.27. The molecule has 2 heterocycles. The molecule has 0 fully saturated rings. The highest BCUT2D eigenvalue weighted by atomic mass is 19.1. The van der Waals surface area contributed by atoms with Gasteiger partial charge in [0, 0.05) is 25.7 Å². The lowest BCUT2D eigenvalue weighted by Crippen LogP contribution is -2.27. The van der Waals surface area contributed by atoms with Gasteiger partial charge in [0.2, 0.25) is 0 Å². The maximum absolute atomic E-state index is 13.6. The number of nitrogens with one attached hydrogen (secondary N) is 1. The van der Waals surface area contributed by atoms with Gasteiger partial charge in [-0.25, -0.2) is 0 Å². The molecule has 3 rings (SSSR count). The number of halogens is 1. The first-order chi connectivity index (χ1) is 9.74. The molecule has 1 aromatic carbocycles. The maximum Gasteiger partial charge on any atom is 0.312 e. The van der Waals surface area contributed by atoms with Crippen molar-refractivity contribution in [2.45, 2.75) is 19.4 Å². The van der Waals surface area contributed by atoms with Gasteiger partial charge in [0.25, 0.3) is 0 Å². The van der Waals surface area contributed by atoms with Crippen molar-refractivity contribution in [2.75, 3.05) is 23.8 Å². The van der Waals surface area contributed by atoms with Crippen molar-refractivity contribution >= 4 is 11.6 Å². The molecule has 5 heteroatoms. The van der Waals surface area contributed by atoms with E-state index in [2.05, 4.69) is 15.3 Å². The highest BCUT2D eigenvalue weighted by Crippen LogP contribution is 2.29. The van der Waals surface area contributed by atoms with Crippen molar-refractivity contribution in [2.24, 2.45) is 0 Å². The highest BCUT2D eigenvalue weighted by molar-refractivity contribution is 5.60. The third-order valence-electron chi connectivity index (χ3n) is 3.54. The first kappa shape index (κ1) is 12.8. The maximum atomic E-state index is 13.6.